The van der Waals surface area contributed by atoms with Crippen LogP contribution in [0.4, 0.5) is 0 Å². The lowest BCUT2D eigenvalue weighted by Gasteiger charge is -2.36. The van der Waals surface area contributed by atoms with Crippen LogP contribution in [0.5, 0.6) is 0 Å². The topological polar surface area (TPSA) is 62.7 Å². The maximum absolute atomic E-state index is 11.5. The zero-order chi connectivity index (χ0) is 13.7. The standard InChI is InChI=1S/C13H20N2O3S/c1-2-18-13(17)12-14-10(9-19-12)8-15(6-7-16)11-4-3-5-11/h9,11,16H,2-8H2,1H3. The van der Waals surface area contributed by atoms with Gasteiger partial charge >= 0.3 is 5.97 Å². The highest BCUT2D eigenvalue weighted by Gasteiger charge is 2.25. The highest BCUT2D eigenvalue weighted by atomic mass is 32.1. The van der Waals surface area contributed by atoms with E-state index in [9.17, 15) is 4.79 Å². The summed E-state index contributed by atoms with van der Waals surface area (Å²) in [5.41, 5.74) is 0.883. The van der Waals surface area contributed by atoms with Gasteiger partial charge in [0.15, 0.2) is 0 Å². The molecule has 0 amide bonds. The van der Waals surface area contributed by atoms with Crippen LogP contribution < -0.4 is 0 Å². The molecule has 1 N–H and O–H groups in total. The Morgan fingerprint density at radius 2 is 2.42 bits per heavy atom. The van der Waals surface area contributed by atoms with Crippen molar-refractivity contribution < 1.29 is 14.6 Å². The first-order valence-corrected chi connectivity index (χ1v) is 7.59. The molecular weight excluding hydrogens is 264 g/mol. The van der Waals surface area contributed by atoms with Gasteiger partial charge in [-0.25, -0.2) is 9.78 Å². The minimum atomic E-state index is -0.351. The minimum Gasteiger partial charge on any atom is -0.461 e. The molecule has 5 nitrogen and oxygen atoms in total. The Labute approximate surface area is 117 Å². The zero-order valence-electron chi connectivity index (χ0n) is 11.2. The molecule has 0 atom stereocenters. The van der Waals surface area contributed by atoms with E-state index >= 15 is 0 Å². The number of hydrogen-bond donors (Lipinski definition) is 1. The van der Waals surface area contributed by atoms with E-state index in [1.807, 2.05) is 5.38 Å². The van der Waals surface area contributed by atoms with E-state index in [-0.39, 0.29) is 12.6 Å². The Morgan fingerprint density at radius 3 is 3.00 bits per heavy atom. The summed E-state index contributed by atoms with van der Waals surface area (Å²) in [5.74, 6) is -0.351. The van der Waals surface area contributed by atoms with Crippen LogP contribution >= 0.6 is 11.3 Å². The lowest BCUT2D eigenvalue weighted by atomic mass is 9.91. The number of hydrogen-bond acceptors (Lipinski definition) is 6. The van der Waals surface area contributed by atoms with Crippen molar-refractivity contribution in [3.63, 3.8) is 0 Å². The van der Waals surface area contributed by atoms with Crippen LogP contribution in [0, 0.1) is 0 Å². The molecule has 0 radical (unpaired) electrons. The molecule has 0 unspecified atom stereocenters. The number of nitrogens with zero attached hydrogens (tertiary/aromatic N) is 2. The Morgan fingerprint density at radius 1 is 1.63 bits per heavy atom. The third-order valence-corrected chi connectivity index (χ3v) is 4.22. The van der Waals surface area contributed by atoms with Crippen LogP contribution in [0.2, 0.25) is 0 Å². The molecule has 2 rings (SSSR count). The van der Waals surface area contributed by atoms with Gasteiger partial charge in [0.1, 0.15) is 0 Å². The molecule has 0 bridgehead atoms. The fourth-order valence-corrected chi connectivity index (χ4v) is 2.85. The van der Waals surface area contributed by atoms with Crippen LogP contribution in [0.1, 0.15) is 41.7 Å². The number of thiazole rings is 1. The van der Waals surface area contributed by atoms with Crippen molar-refractivity contribution in [2.75, 3.05) is 19.8 Å². The maximum Gasteiger partial charge on any atom is 0.367 e. The SMILES string of the molecule is CCOC(=O)c1nc(CN(CCO)C2CCC2)cs1. The van der Waals surface area contributed by atoms with Crippen LogP contribution in [0.15, 0.2) is 5.38 Å². The minimum absolute atomic E-state index is 0.158. The second-order valence-corrected chi connectivity index (χ2v) is 5.50. The van der Waals surface area contributed by atoms with Crippen molar-refractivity contribution in [3.8, 4) is 0 Å². The van der Waals surface area contributed by atoms with E-state index in [1.54, 1.807) is 6.92 Å². The van der Waals surface area contributed by atoms with Gasteiger partial charge in [-0.1, -0.05) is 6.42 Å². The fourth-order valence-electron chi connectivity index (χ4n) is 2.15. The summed E-state index contributed by atoms with van der Waals surface area (Å²) in [6.07, 6.45) is 3.64. The van der Waals surface area contributed by atoms with Gasteiger partial charge in [0.2, 0.25) is 5.01 Å². The van der Waals surface area contributed by atoms with Crippen LogP contribution in [0.3, 0.4) is 0 Å². The molecule has 1 aromatic rings. The molecule has 0 spiro atoms. The number of carbonyl (C=O) groups excluding carboxylic acids is 1. The number of aliphatic hydroxyl groups is 1. The van der Waals surface area contributed by atoms with E-state index in [1.165, 1.54) is 30.6 Å². The molecule has 6 heteroatoms. The Kier molecular flexibility index (Phi) is 5.30. The van der Waals surface area contributed by atoms with E-state index in [2.05, 4.69) is 9.88 Å². The summed E-state index contributed by atoms with van der Waals surface area (Å²) < 4.78 is 4.93. The Balaban J connectivity index is 1.95. The summed E-state index contributed by atoms with van der Waals surface area (Å²) in [5, 5.41) is 11.4. The number of carbonyl (C=O) groups is 1. The molecule has 0 saturated heterocycles. The zero-order valence-corrected chi connectivity index (χ0v) is 12.0. The molecule has 106 valence electrons. The van der Waals surface area contributed by atoms with Gasteiger partial charge in [-0.2, -0.15) is 0 Å². The van der Waals surface area contributed by atoms with Gasteiger partial charge in [-0.05, 0) is 19.8 Å². The first-order valence-electron chi connectivity index (χ1n) is 6.71. The molecule has 1 fully saturated rings. The molecule has 1 heterocycles. The molecule has 0 aromatic carbocycles. The molecule has 1 saturated carbocycles. The average Bonchev–Trinajstić information content (AvgIpc) is 2.76. The number of aromatic nitrogens is 1. The maximum atomic E-state index is 11.5. The second-order valence-electron chi connectivity index (χ2n) is 4.64. The van der Waals surface area contributed by atoms with Gasteiger partial charge in [0.25, 0.3) is 0 Å². The normalized spacial score (nSPS) is 15.5. The number of ether oxygens (including phenoxy) is 1. The summed E-state index contributed by atoms with van der Waals surface area (Å²) >= 11 is 1.32. The van der Waals surface area contributed by atoms with E-state index in [0.717, 1.165) is 5.69 Å². The largest absolute Gasteiger partial charge is 0.461 e. The van der Waals surface area contributed by atoms with Gasteiger partial charge in [-0.3, -0.25) is 4.90 Å². The highest BCUT2D eigenvalue weighted by Crippen LogP contribution is 2.26. The van der Waals surface area contributed by atoms with E-state index < -0.39 is 0 Å². The van der Waals surface area contributed by atoms with Gasteiger partial charge in [0, 0.05) is 24.5 Å². The summed E-state index contributed by atoms with van der Waals surface area (Å²) in [4.78, 5) is 18.1. The van der Waals surface area contributed by atoms with Gasteiger partial charge in [-0.15, -0.1) is 11.3 Å². The lowest BCUT2D eigenvalue weighted by Crippen LogP contribution is -2.41. The van der Waals surface area contributed by atoms with Gasteiger partial charge in [0.05, 0.1) is 18.9 Å². The molecule has 1 aliphatic rings. The Hall–Kier alpha value is -0.980. The summed E-state index contributed by atoms with van der Waals surface area (Å²) in [6, 6.07) is 0.555. The van der Waals surface area contributed by atoms with Gasteiger partial charge < -0.3 is 9.84 Å². The summed E-state index contributed by atoms with van der Waals surface area (Å²) in [7, 11) is 0. The van der Waals surface area contributed by atoms with E-state index in [4.69, 9.17) is 9.84 Å². The molecule has 1 aromatic heterocycles. The van der Waals surface area contributed by atoms with Crippen molar-refractivity contribution in [1.29, 1.82) is 0 Å². The predicted molar refractivity (Wildman–Crippen MR) is 73.2 cm³/mol. The first kappa shape index (κ1) is 14.4. The number of esters is 1. The van der Waals surface area contributed by atoms with Crippen molar-refractivity contribution in [3.05, 3.63) is 16.1 Å². The molecule has 19 heavy (non-hydrogen) atoms. The number of aliphatic hydroxyl groups excluding tert-OH is 1. The summed E-state index contributed by atoms with van der Waals surface area (Å²) in [6.45, 7) is 3.67. The van der Waals surface area contributed by atoms with Crippen LogP contribution in [-0.2, 0) is 11.3 Å². The fraction of sp³-hybridized carbons (Fsp3) is 0.692. The average molecular weight is 284 g/mol. The lowest BCUT2D eigenvalue weighted by molar-refractivity contribution is 0.0525. The first-order chi connectivity index (χ1) is 9.24. The van der Waals surface area contributed by atoms with Crippen molar-refractivity contribution >= 4 is 17.3 Å². The van der Waals surface area contributed by atoms with Crippen LogP contribution in [-0.4, -0.2) is 46.8 Å². The van der Waals surface area contributed by atoms with Crippen molar-refractivity contribution in [2.45, 2.75) is 38.8 Å². The smallest absolute Gasteiger partial charge is 0.367 e. The van der Waals surface area contributed by atoms with Crippen LogP contribution in [0.25, 0.3) is 0 Å². The predicted octanol–water partition coefficient (Wildman–Crippen LogP) is 1.67. The second kappa shape index (κ2) is 6.98. The molecule has 0 aliphatic heterocycles. The van der Waals surface area contributed by atoms with Crippen molar-refractivity contribution in [2.24, 2.45) is 0 Å². The third kappa shape index (κ3) is 3.75. The third-order valence-electron chi connectivity index (χ3n) is 3.35. The molecule has 1 aliphatic carbocycles. The van der Waals surface area contributed by atoms with Crippen molar-refractivity contribution in [1.82, 2.24) is 9.88 Å². The monoisotopic (exact) mass is 284 g/mol. The van der Waals surface area contributed by atoms with E-state index in [0.29, 0.717) is 30.7 Å². The number of rotatable bonds is 7. The Bertz CT molecular complexity index is 418. The molecular formula is C13H20N2O3S. The highest BCUT2D eigenvalue weighted by molar-refractivity contribution is 7.11. The quantitative estimate of drug-likeness (QED) is 0.772.